The number of fused-ring (bicyclic) bond motifs is 1. The molecule has 0 aliphatic carbocycles. The van der Waals surface area contributed by atoms with Crippen LogP contribution in [0.1, 0.15) is 26.2 Å². The van der Waals surface area contributed by atoms with Gasteiger partial charge in [-0.2, -0.15) is 0 Å². The summed E-state index contributed by atoms with van der Waals surface area (Å²) >= 11 is 6.00. The molecule has 0 radical (unpaired) electrons. The second kappa shape index (κ2) is 10.2. The zero-order valence-corrected chi connectivity index (χ0v) is 20.9. The number of amides is 2. The lowest BCUT2D eigenvalue weighted by molar-refractivity contribution is -0.146. The SMILES string of the molecule is COC1CCCN(C(=O)C(C)N2CCC(CNS(=O)(=O)c3ccc4cc(Cl)ccc4c3)C2=O)C1. The topological polar surface area (TPSA) is 96.0 Å². The van der Waals surface area contributed by atoms with Crippen molar-refractivity contribution >= 4 is 44.2 Å². The number of sulfonamides is 1. The minimum absolute atomic E-state index is 0.00725. The van der Waals surface area contributed by atoms with Crippen LogP contribution in [-0.2, 0) is 24.3 Å². The van der Waals surface area contributed by atoms with Crippen LogP contribution in [0.4, 0.5) is 0 Å². The zero-order chi connectivity index (χ0) is 24.5. The fraction of sp³-hybridized carbons (Fsp3) is 0.500. The van der Waals surface area contributed by atoms with Gasteiger partial charge in [-0.05, 0) is 61.2 Å². The first kappa shape index (κ1) is 24.9. The van der Waals surface area contributed by atoms with Gasteiger partial charge >= 0.3 is 0 Å². The molecule has 2 aromatic rings. The monoisotopic (exact) mass is 507 g/mol. The predicted molar refractivity (Wildman–Crippen MR) is 130 cm³/mol. The number of hydrogen-bond acceptors (Lipinski definition) is 5. The molecule has 8 nitrogen and oxygen atoms in total. The molecule has 2 aliphatic heterocycles. The van der Waals surface area contributed by atoms with Gasteiger partial charge < -0.3 is 14.5 Å². The Morgan fingerprint density at radius 2 is 1.91 bits per heavy atom. The number of halogens is 1. The molecule has 34 heavy (non-hydrogen) atoms. The van der Waals surface area contributed by atoms with E-state index >= 15 is 0 Å². The van der Waals surface area contributed by atoms with Gasteiger partial charge in [0.25, 0.3) is 0 Å². The Hall–Kier alpha value is -2.20. The van der Waals surface area contributed by atoms with Gasteiger partial charge in [-0.15, -0.1) is 0 Å². The summed E-state index contributed by atoms with van der Waals surface area (Å²) in [5, 5.41) is 2.19. The molecule has 2 saturated heterocycles. The van der Waals surface area contributed by atoms with E-state index in [9.17, 15) is 18.0 Å². The highest BCUT2D eigenvalue weighted by Crippen LogP contribution is 2.25. The quantitative estimate of drug-likeness (QED) is 0.621. The first-order chi connectivity index (χ1) is 16.2. The number of hydrogen-bond donors (Lipinski definition) is 1. The van der Waals surface area contributed by atoms with Crippen LogP contribution in [0.5, 0.6) is 0 Å². The standard InChI is InChI=1S/C24H30ClN3O5S/c1-16(23(29)27-10-3-4-21(15-27)33-2)28-11-9-19(24(28)30)14-26-34(31,32)22-8-6-17-12-20(25)7-5-18(17)13-22/h5-8,12-13,16,19,21,26H,3-4,9-11,14-15H2,1-2H3. The molecular weight excluding hydrogens is 478 g/mol. The summed E-state index contributed by atoms with van der Waals surface area (Å²) < 4.78 is 33.7. The highest BCUT2D eigenvalue weighted by molar-refractivity contribution is 7.89. The summed E-state index contributed by atoms with van der Waals surface area (Å²) in [7, 11) is -2.15. The molecule has 0 bridgehead atoms. The number of nitrogens with one attached hydrogen (secondary N) is 1. The summed E-state index contributed by atoms with van der Waals surface area (Å²) in [6.07, 6.45) is 2.31. The van der Waals surface area contributed by atoms with Gasteiger partial charge in [0.1, 0.15) is 6.04 Å². The Kier molecular flexibility index (Phi) is 7.47. The van der Waals surface area contributed by atoms with Crippen LogP contribution in [-0.4, -0.2) is 75.5 Å². The van der Waals surface area contributed by atoms with Crippen LogP contribution < -0.4 is 4.72 Å². The lowest BCUT2D eigenvalue weighted by atomic mass is 10.1. The van der Waals surface area contributed by atoms with E-state index in [1.807, 2.05) is 0 Å². The van der Waals surface area contributed by atoms with Crippen LogP contribution in [0.2, 0.25) is 5.02 Å². The van der Waals surface area contributed by atoms with Gasteiger partial charge in [0.15, 0.2) is 0 Å². The van der Waals surface area contributed by atoms with Crippen LogP contribution >= 0.6 is 11.6 Å². The Balaban J connectivity index is 1.37. The third-order valence-electron chi connectivity index (χ3n) is 6.80. The van der Waals surface area contributed by atoms with E-state index in [0.717, 1.165) is 23.6 Å². The Labute approximate surface area is 205 Å². The lowest BCUT2D eigenvalue weighted by Crippen LogP contribution is -2.52. The van der Waals surface area contributed by atoms with Crippen molar-refractivity contribution in [1.82, 2.24) is 14.5 Å². The van der Waals surface area contributed by atoms with Crippen LogP contribution in [0.25, 0.3) is 10.8 Å². The van der Waals surface area contributed by atoms with Gasteiger partial charge in [-0.1, -0.05) is 23.7 Å². The van der Waals surface area contributed by atoms with Crippen molar-refractivity contribution in [2.75, 3.05) is 33.3 Å². The maximum Gasteiger partial charge on any atom is 0.245 e. The smallest absolute Gasteiger partial charge is 0.245 e. The number of methoxy groups -OCH3 is 1. The molecule has 0 saturated carbocycles. The molecule has 0 aromatic heterocycles. The van der Waals surface area contributed by atoms with E-state index in [0.29, 0.717) is 31.1 Å². The number of carbonyl (C=O) groups excluding carboxylic acids is 2. The average molecular weight is 508 g/mol. The van der Waals surface area contributed by atoms with E-state index in [-0.39, 0.29) is 29.4 Å². The molecule has 2 heterocycles. The maximum atomic E-state index is 13.0. The second-order valence-electron chi connectivity index (χ2n) is 8.98. The minimum atomic E-state index is -3.80. The minimum Gasteiger partial charge on any atom is -0.380 e. The summed E-state index contributed by atoms with van der Waals surface area (Å²) in [5.74, 6) is -0.790. The van der Waals surface area contributed by atoms with Gasteiger partial charge in [0.2, 0.25) is 21.8 Å². The van der Waals surface area contributed by atoms with Gasteiger partial charge in [0.05, 0.1) is 16.9 Å². The third-order valence-corrected chi connectivity index (χ3v) is 8.46. The molecule has 2 fully saturated rings. The molecule has 4 rings (SSSR count). The number of rotatable bonds is 7. The molecular formula is C24H30ClN3O5S. The fourth-order valence-corrected chi connectivity index (χ4v) is 6.02. The van der Waals surface area contributed by atoms with Crippen molar-refractivity contribution in [1.29, 1.82) is 0 Å². The number of likely N-dealkylation sites (tertiary alicyclic amines) is 2. The summed E-state index contributed by atoms with van der Waals surface area (Å²) in [6, 6.07) is 9.48. The largest absolute Gasteiger partial charge is 0.380 e. The lowest BCUT2D eigenvalue weighted by Gasteiger charge is -2.35. The molecule has 3 unspecified atom stereocenters. The van der Waals surface area contributed by atoms with Crippen LogP contribution in [0.15, 0.2) is 41.3 Å². The highest BCUT2D eigenvalue weighted by Gasteiger charge is 2.39. The number of ether oxygens (including phenoxy) is 1. The summed E-state index contributed by atoms with van der Waals surface area (Å²) in [6.45, 7) is 3.35. The van der Waals surface area contributed by atoms with Crippen molar-refractivity contribution in [3.05, 3.63) is 41.4 Å². The van der Waals surface area contributed by atoms with E-state index < -0.39 is 22.0 Å². The average Bonchev–Trinajstić information content (AvgIpc) is 3.21. The van der Waals surface area contributed by atoms with Crippen molar-refractivity contribution in [2.24, 2.45) is 5.92 Å². The molecule has 10 heteroatoms. The van der Waals surface area contributed by atoms with Gasteiger partial charge in [-0.25, -0.2) is 13.1 Å². The second-order valence-corrected chi connectivity index (χ2v) is 11.2. The number of nitrogens with zero attached hydrogens (tertiary/aromatic N) is 2. The van der Waals surface area contributed by atoms with Crippen molar-refractivity contribution in [3.8, 4) is 0 Å². The zero-order valence-electron chi connectivity index (χ0n) is 19.4. The van der Waals surface area contributed by atoms with E-state index in [4.69, 9.17) is 16.3 Å². The fourth-order valence-electron chi connectivity index (χ4n) is 4.72. The Bertz CT molecular complexity index is 1190. The van der Waals surface area contributed by atoms with E-state index in [1.165, 1.54) is 6.07 Å². The van der Waals surface area contributed by atoms with Crippen molar-refractivity contribution in [2.45, 2.75) is 43.2 Å². The molecule has 3 atom stereocenters. The number of benzene rings is 2. The summed E-state index contributed by atoms with van der Waals surface area (Å²) in [5.41, 5.74) is 0. The highest BCUT2D eigenvalue weighted by atomic mass is 35.5. The number of carbonyl (C=O) groups is 2. The first-order valence-electron chi connectivity index (χ1n) is 11.5. The van der Waals surface area contributed by atoms with Crippen LogP contribution in [0, 0.1) is 5.92 Å². The normalized spacial score (nSPS) is 22.4. The van der Waals surface area contributed by atoms with Gasteiger partial charge in [0, 0.05) is 38.3 Å². The molecule has 0 spiro atoms. The molecule has 2 amide bonds. The van der Waals surface area contributed by atoms with Gasteiger partial charge in [-0.3, -0.25) is 9.59 Å². The predicted octanol–water partition coefficient (Wildman–Crippen LogP) is 2.65. The van der Waals surface area contributed by atoms with Crippen molar-refractivity contribution < 1.29 is 22.7 Å². The molecule has 2 aliphatic rings. The maximum absolute atomic E-state index is 13.0. The molecule has 184 valence electrons. The number of piperidine rings is 1. The Morgan fingerprint density at radius 1 is 1.18 bits per heavy atom. The summed E-state index contributed by atoms with van der Waals surface area (Å²) in [4.78, 5) is 29.4. The Morgan fingerprint density at radius 3 is 2.68 bits per heavy atom. The van der Waals surface area contributed by atoms with Crippen molar-refractivity contribution in [3.63, 3.8) is 0 Å². The van der Waals surface area contributed by atoms with Crippen LogP contribution in [0.3, 0.4) is 0 Å². The first-order valence-corrected chi connectivity index (χ1v) is 13.4. The van der Waals surface area contributed by atoms with E-state index in [1.54, 1.807) is 54.2 Å². The molecule has 1 N–H and O–H groups in total. The molecule has 2 aromatic carbocycles. The third kappa shape index (κ3) is 5.22. The van der Waals surface area contributed by atoms with E-state index in [2.05, 4.69) is 4.72 Å².